The lowest BCUT2D eigenvalue weighted by Crippen LogP contribution is -2.38. The summed E-state index contributed by atoms with van der Waals surface area (Å²) < 4.78 is 38.0. The van der Waals surface area contributed by atoms with Crippen molar-refractivity contribution in [3.63, 3.8) is 0 Å². The lowest BCUT2D eigenvalue weighted by Gasteiger charge is -2.07. The number of hydrazone groups is 1. The van der Waals surface area contributed by atoms with Crippen molar-refractivity contribution in [1.29, 1.82) is 0 Å². The van der Waals surface area contributed by atoms with Gasteiger partial charge < -0.3 is 0 Å². The van der Waals surface area contributed by atoms with Gasteiger partial charge in [-0.05, 0) is 47.5 Å². The van der Waals surface area contributed by atoms with Gasteiger partial charge in [-0.25, -0.2) is 5.43 Å². The van der Waals surface area contributed by atoms with E-state index in [1.807, 2.05) is 0 Å². The van der Waals surface area contributed by atoms with Crippen LogP contribution in [0.15, 0.2) is 94.2 Å². The van der Waals surface area contributed by atoms with Crippen LogP contribution < -0.4 is 10.7 Å². The number of alkyl halides is 3. The van der Waals surface area contributed by atoms with Crippen LogP contribution in [0.4, 0.5) is 13.2 Å². The average Bonchev–Trinajstić information content (AvgIpc) is 2.80. The zero-order valence-corrected chi connectivity index (χ0v) is 17.7. The molecule has 0 fully saturated rings. The first-order valence-corrected chi connectivity index (χ1v) is 9.88. The van der Waals surface area contributed by atoms with Crippen molar-refractivity contribution >= 4 is 35.9 Å². The van der Waals surface area contributed by atoms with E-state index in [9.17, 15) is 18.0 Å². The van der Waals surface area contributed by atoms with Gasteiger partial charge in [-0.2, -0.15) is 23.4 Å². The maximum absolute atomic E-state index is 12.7. The highest BCUT2D eigenvalue weighted by atomic mass is 35.5. The molecule has 0 aliphatic carbocycles. The van der Waals surface area contributed by atoms with Crippen LogP contribution in [0.1, 0.15) is 27.0 Å². The largest absolute Gasteiger partial charge is 0.416 e. The van der Waals surface area contributed by atoms with Gasteiger partial charge in [-0.15, -0.1) is 5.10 Å². The van der Waals surface area contributed by atoms with Crippen LogP contribution in [0.3, 0.4) is 0 Å². The van der Waals surface area contributed by atoms with E-state index in [1.165, 1.54) is 24.6 Å². The second kappa shape index (κ2) is 11.1. The molecule has 0 spiro atoms. The second-order valence-corrected chi connectivity index (χ2v) is 6.99. The van der Waals surface area contributed by atoms with Gasteiger partial charge in [0.1, 0.15) is 0 Å². The standard InChI is InChI=1S/C23H17ClF3N5O/c24-20-12-8-17(9-13-20)15-29-32-22(30-21(33)18-4-2-1-3-5-18)31-28-14-16-6-10-19(11-7-16)23(25,26)27/h1-15H,(H2,30,31,32,33). The Kier molecular flexibility index (Phi) is 7.93. The minimum absolute atomic E-state index is 0.0859. The molecule has 3 aromatic rings. The molecule has 0 aliphatic heterocycles. The van der Waals surface area contributed by atoms with E-state index < -0.39 is 17.6 Å². The molecule has 1 amide bonds. The van der Waals surface area contributed by atoms with Crippen molar-refractivity contribution in [2.45, 2.75) is 6.18 Å². The Bertz CT molecular complexity index is 1160. The lowest BCUT2D eigenvalue weighted by atomic mass is 10.1. The van der Waals surface area contributed by atoms with E-state index in [0.717, 1.165) is 17.7 Å². The molecule has 0 aromatic heterocycles. The molecule has 0 atom stereocenters. The Hall–Kier alpha value is -3.98. The molecule has 0 bridgehead atoms. The van der Waals surface area contributed by atoms with Gasteiger partial charge in [0.25, 0.3) is 5.91 Å². The van der Waals surface area contributed by atoms with Crippen molar-refractivity contribution in [3.8, 4) is 0 Å². The monoisotopic (exact) mass is 471 g/mol. The summed E-state index contributed by atoms with van der Waals surface area (Å²) >= 11 is 5.85. The first kappa shape index (κ1) is 23.7. The molecule has 3 aromatic carbocycles. The molecule has 0 unspecified atom stereocenters. The maximum atomic E-state index is 12.7. The molecule has 33 heavy (non-hydrogen) atoms. The fourth-order valence-corrected chi connectivity index (χ4v) is 2.60. The quantitative estimate of drug-likeness (QED) is 0.308. The van der Waals surface area contributed by atoms with Crippen molar-refractivity contribution in [2.75, 3.05) is 0 Å². The van der Waals surface area contributed by atoms with E-state index in [1.54, 1.807) is 54.6 Å². The lowest BCUT2D eigenvalue weighted by molar-refractivity contribution is -0.137. The van der Waals surface area contributed by atoms with Crippen LogP contribution in [0, 0.1) is 0 Å². The molecule has 2 N–H and O–H groups in total. The molecule has 0 saturated carbocycles. The second-order valence-electron chi connectivity index (χ2n) is 6.55. The molecule has 0 saturated heterocycles. The van der Waals surface area contributed by atoms with Crippen LogP contribution >= 0.6 is 11.6 Å². The first-order valence-electron chi connectivity index (χ1n) is 9.50. The predicted molar refractivity (Wildman–Crippen MR) is 123 cm³/mol. The van der Waals surface area contributed by atoms with Gasteiger partial charge in [-0.3, -0.25) is 10.1 Å². The van der Waals surface area contributed by atoms with Crippen LogP contribution in [-0.2, 0) is 6.18 Å². The highest BCUT2D eigenvalue weighted by Crippen LogP contribution is 2.28. The SMILES string of the molecule is O=C(NC(=NN=Cc1ccc(C(F)(F)F)cc1)NN=Cc1ccc(Cl)cc1)c1ccccc1. The van der Waals surface area contributed by atoms with Crippen molar-refractivity contribution < 1.29 is 18.0 Å². The topological polar surface area (TPSA) is 78.2 Å². The number of nitrogens with zero attached hydrogens (tertiary/aromatic N) is 3. The van der Waals surface area contributed by atoms with E-state index in [0.29, 0.717) is 16.1 Å². The Labute approximate surface area is 192 Å². The maximum Gasteiger partial charge on any atom is 0.416 e. The predicted octanol–water partition coefficient (Wildman–Crippen LogP) is 5.10. The first-order chi connectivity index (χ1) is 15.8. The number of benzene rings is 3. The fourth-order valence-electron chi connectivity index (χ4n) is 2.47. The zero-order valence-electron chi connectivity index (χ0n) is 16.9. The zero-order chi connectivity index (χ0) is 23.7. The summed E-state index contributed by atoms with van der Waals surface area (Å²) in [6, 6.07) is 19.7. The molecule has 3 rings (SSSR count). The molecule has 6 nitrogen and oxygen atoms in total. The van der Waals surface area contributed by atoms with Gasteiger partial charge in [0.05, 0.1) is 18.0 Å². The summed E-state index contributed by atoms with van der Waals surface area (Å²) in [5, 5.41) is 14.9. The van der Waals surface area contributed by atoms with Crippen LogP contribution in [0.2, 0.25) is 5.02 Å². The molecular formula is C23H17ClF3N5O. The molecule has 168 valence electrons. The number of rotatable bonds is 5. The van der Waals surface area contributed by atoms with Gasteiger partial charge >= 0.3 is 6.18 Å². The summed E-state index contributed by atoms with van der Waals surface area (Å²) in [5.41, 5.74) is 3.35. The van der Waals surface area contributed by atoms with Crippen molar-refractivity contribution in [3.05, 3.63) is 106 Å². The van der Waals surface area contributed by atoms with Gasteiger partial charge in [0.2, 0.25) is 5.96 Å². The summed E-state index contributed by atoms with van der Waals surface area (Å²) in [7, 11) is 0. The normalized spacial score (nSPS) is 12.3. The van der Waals surface area contributed by atoms with E-state index in [2.05, 4.69) is 26.0 Å². The fraction of sp³-hybridized carbons (Fsp3) is 0.0435. The number of nitrogens with one attached hydrogen (secondary N) is 2. The highest BCUT2D eigenvalue weighted by molar-refractivity contribution is 6.30. The summed E-state index contributed by atoms with van der Waals surface area (Å²) in [4.78, 5) is 12.4. The van der Waals surface area contributed by atoms with Crippen LogP contribution in [-0.4, -0.2) is 24.3 Å². The smallest absolute Gasteiger partial charge is 0.290 e. The van der Waals surface area contributed by atoms with Gasteiger partial charge in [-0.1, -0.05) is 54.1 Å². The number of hydrogen-bond donors (Lipinski definition) is 2. The summed E-state index contributed by atoms with van der Waals surface area (Å²) in [5.74, 6) is -0.537. The third-order valence-corrected chi connectivity index (χ3v) is 4.38. The third kappa shape index (κ3) is 7.58. The molecule has 0 aliphatic rings. The van der Waals surface area contributed by atoms with E-state index >= 15 is 0 Å². The number of guanidine groups is 1. The minimum Gasteiger partial charge on any atom is -0.290 e. The third-order valence-electron chi connectivity index (χ3n) is 4.12. The minimum atomic E-state index is -4.42. The Morgan fingerprint density at radius 1 is 0.848 bits per heavy atom. The Morgan fingerprint density at radius 3 is 2.09 bits per heavy atom. The summed E-state index contributed by atoms with van der Waals surface area (Å²) in [6.07, 6.45) is -1.69. The van der Waals surface area contributed by atoms with E-state index in [-0.39, 0.29) is 5.96 Å². The average molecular weight is 472 g/mol. The molecule has 0 heterocycles. The number of halogens is 4. The molecule has 0 radical (unpaired) electrons. The van der Waals surface area contributed by atoms with Crippen molar-refractivity contribution in [2.24, 2.45) is 15.3 Å². The van der Waals surface area contributed by atoms with Crippen LogP contribution in [0.5, 0.6) is 0 Å². The Balaban J connectivity index is 1.74. The van der Waals surface area contributed by atoms with Gasteiger partial charge in [0.15, 0.2) is 0 Å². The van der Waals surface area contributed by atoms with Crippen LogP contribution in [0.25, 0.3) is 0 Å². The van der Waals surface area contributed by atoms with E-state index in [4.69, 9.17) is 11.6 Å². The highest BCUT2D eigenvalue weighted by Gasteiger charge is 2.29. The number of carbonyl (C=O) groups excluding carboxylic acids is 1. The number of hydrogen-bond acceptors (Lipinski definition) is 4. The van der Waals surface area contributed by atoms with Gasteiger partial charge in [0, 0.05) is 10.6 Å². The number of carbonyl (C=O) groups is 1. The molecule has 10 heteroatoms. The Morgan fingerprint density at radius 2 is 1.45 bits per heavy atom. The van der Waals surface area contributed by atoms with Crippen molar-refractivity contribution in [1.82, 2.24) is 10.7 Å². The molecular weight excluding hydrogens is 455 g/mol. The number of amides is 1. The summed E-state index contributed by atoms with van der Waals surface area (Å²) in [6.45, 7) is 0.